The lowest BCUT2D eigenvalue weighted by Gasteiger charge is -1.96. The zero-order chi connectivity index (χ0) is 10.3. The summed E-state index contributed by atoms with van der Waals surface area (Å²) in [6.07, 6.45) is 4.71. The molecular formula is C11H12BrN3. The van der Waals surface area contributed by atoms with E-state index in [9.17, 15) is 0 Å². The molecule has 4 heteroatoms. The molecule has 0 radical (unpaired) electrons. The number of imidazole rings is 1. The molecular weight excluding hydrogens is 254 g/mol. The third kappa shape index (κ3) is 1.92. The van der Waals surface area contributed by atoms with Crippen molar-refractivity contribution in [1.82, 2.24) is 14.7 Å². The summed E-state index contributed by atoms with van der Waals surface area (Å²) < 4.78 is 3.11. The molecule has 0 unspecified atom stereocenters. The number of hydrogen-bond acceptors (Lipinski definition) is 2. The molecule has 0 spiro atoms. The molecule has 3 nitrogen and oxygen atoms in total. The van der Waals surface area contributed by atoms with Crippen molar-refractivity contribution in [3.8, 4) is 0 Å². The molecule has 0 aliphatic heterocycles. The van der Waals surface area contributed by atoms with Gasteiger partial charge in [0.2, 0.25) is 0 Å². The molecule has 1 aliphatic carbocycles. The van der Waals surface area contributed by atoms with Gasteiger partial charge in [-0.15, -0.1) is 0 Å². The van der Waals surface area contributed by atoms with Gasteiger partial charge in [-0.25, -0.2) is 4.98 Å². The Morgan fingerprint density at radius 2 is 2.33 bits per heavy atom. The van der Waals surface area contributed by atoms with Crippen LogP contribution in [0, 0.1) is 0 Å². The summed E-state index contributed by atoms with van der Waals surface area (Å²) in [5.74, 6) is 0. The van der Waals surface area contributed by atoms with Crippen LogP contribution in [0.4, 0.5) is 0 Å². The van der Waals surface area contributed by atoms with Crippen LogP contribution in [0.5, 0.6) is 0 Å². The molecule has 2 aromatic rings. The predicted molar refractivity (Wildman–Crippen MR) is 62.8 cm³/mol. The number of pyridine rings is 1. The van der Waals surface area contributed by atoms with Crippen molar-refractivity contribution in [1.29, 1.82) is 0 Å². The van der Waals surface area contributed by atoms with Gasteiger partial charge in [-0.1, -0.05) is 6.07 Å². The Bertz CT molecular complexity index is 488. The number of rotatable bonds is 3. The second-order valence-electron chi connectivity index (χ2n) is 3.96. The van der Waals surface area contributed by atoms with E-state index in [0.29, 0.717) is 0 Å². The summed E-state index contributed by atoms with van der Waals surface area (Å²) >= 11 is 3.51. The van der Waals surface area contributed by atoms with Gasteiger partial charge >= 0.3 is 0 Å². The Hall–Kier alpha value is -0.870. The van der Waals surface area contributed by atoms with Crippen LogP contribution in [-0.4, -0.2) is 15.4 Å². The Balaban J connectivity index is 1.88. The maximum Gasteiger partial charge on any atom is 0.137 e. The van der Waals surface area contributed by atoms with E-state index in [1.54, 1.807) is 0 Å². The molecule has 0 bridgehead atoms. The quantitative estimate of drug-likeness (QED) is 0.864. The lowest BCUT2D eigenvalue weighted by molar-refractivity contribution is 0.677. The van der Waals surface area contributed by atoms with E-state index in [4.69, 9.17) is 0 Å². The monoisotopic (exact) mass is 265 g/mol. The van der Waals surface area contributed by atoms with Crippen LogP contribution in [0.2, 0.25) is 0 Å². The zero-order valence-electron chi connectivity index (χ0n) is 8.28. The lowest BCUT2D eigenvalue weighted by Crippen LogP contribution is -2.15. The third-order valence-electron chi connectivity index (χ3n) is 2.64. The number of aromatic nitrogens is 2. The maximum absolute atomic E-state index is 4.54. The first-order valence-corrected chi connectivity index (χ1v) is 5.98. The van der Waals surface area contributed by atoms with Crippen molar-refractivity contribution >= 4 is 21.6 Å². The van der Waals surface area contributed by atoms with Gasteiger partial charge in [-0.05, 0) is 40.9 Å². The molecule has 1 N–H and O–H groups in total. The molecule has 1 saturated carbocycles. The Morgan fingerprint density at radius 1 is 1.47 bits per heavy atom. The number of halogens is 1. The minimum absolute atomic E-state index is 0.734. The first kappa shape index (κ1) is 9.36. The summed E-state index contributed by atoms with van der Waals surface area (Å²) in [5, 5.41) is 3.46. The maximum atomic E-state index is 4.54. The topological polar surface area (TPSA) is 29.3 Å². The minimum Gasteiger partial charge on any atom is -0.308 e. The first-order valence-electron chi connectivity index (χ1n) is 5.19. The molecule has 1 aliphatic rings. The summed E-state index contributed by atoms with van der Waals surface area (Å²) in [5.41, 5.74) is 2.10. The highest BCUT2D eigenvalue weighted by Crippen LogP contribution is 2.19. The fraction of sp³-hybridized carbons (Fsp3) is 0.364. The van der Waals surface area contributed by atoms with E-state index >= 15 is 0 Å². The highest BCUT2D eigenvalue weighted by atomic mass is 79.9. The van der Waals surface area contributed by atoms with Gasteiger partial charge in [0.25, 0.3) is 0 Å². The van der Waals surface area contributed by atoms with Gasteiger partial charge in [0.1, 0.15) is 5.65 Å². The number of nitrogens with one attached hydrogen (secondary N) is 1. The zero-order valence-corrected chi connectivity index (χ0v) is 9.87. The molecule has 78 valence electrons. The van der Waals surface area contributed by atoms with Crippen molar-refractivity contribution in [2.45, 2.75) is 25.4 Å². The summed E-state index contributed by atoms with van der Waals surface area (Å²) in [6, 6.07) is 6.78. The van der Waals surface area contributed by atoms with Crippen molar-refractivity contribution in [3.63, 3.8) is 0 Å². The summed E-state index contributed by atoms with van der Waals surface area (Å²) in [4.78, 5) is 4.54. The van der Waals surface area contributed by atoms with E-state index < -0.39 is 0 Å². The number of hydrogen-bond donors (Lipinski definition) is 1. The smallest absolute Gasteiger partial charge is 0.137 e. The average Bonchev–Trinajstić information content (AvgIpc) is 2.95. The van der Waals surface area contributed by atoms with Crippen LogP contribution < -0.4 is 5.32 Å². The van der Waals surface area contributed by atoms with Crippen molar-refractivity contribution < 1.29 is 0 Å². The van der Waals surface area contributed by atoms with Crippen LogP contribution in [0.25, 0.3) is 5.65 Å². The van der Waals surface area contributed by atoms with Gasteiger partial charge in [0, 0.05) is 18.8 Å². The van der Waals surface area contributed by atoms with Crippen molar-refractivity contribution in [2.75, 3.05) is 0 Å². The van der Waals surface area contributed by atoms with Crippen molar-refractivity contribution in [3.05, 3.63) is 34.7 Å². The Morgan fingerprint density at radius 3 is 3.07 bits per heavy atom. The highest BCUT2D eigenvalue weighted by molar-refractivity contribution is 9.10. The Kier molecular flexibility index (Phi) is 2.25. The van der Waals surface area contributed by atoms with E-state index in [1.165, 1.54) is 12.8 Å². The van der Waals surface area contributed by atoms with E-state index in [2.05, 4.69) is 36.8 Å². The molecule has 2 aromatic heterocycles. The fourth-order valence-electron chi connectivity index (χ4n) is 1.65. The van der Waals surface area contributed by atoms with Gasteiger partial charge in [0.15, 0.2) is 0 Å². The standard InChI is InChI=1S/C11H12BrN3/c12-10-2-1-3-11-14-9(7-15(10)11)6-13-8-4-5-8/h1-3,7-8,13H,4-6H2. The second-order valence-corrected chi connectivity index (χ2v) is 4.78. The van der Waals surface area contributed by atoms with Crippen LogP contribution in [0.3, 0.4) is 0 Å². The van der Waals surface area contributed by atoms with Gasteiger partial charge in [-0.2, -0.15) is 0 Å². The molecule has 1 fully saturated rings. The minimum atomic E-state index is 0.734. The van der Waals surface area contributed by atoms with Crippen LogP contribution in [-0.2, 0) is 6.54 Å². The molecule has 0 amide bonds. The van der Waals surface area contributed by atoms with E-state index in [0.717, 1.165) is 28.5 Å². The lowest BCUT2D eigenvalue weighted by atomic mass is 10.4. The molecule has 0 atom stereocenters. The largest absolute Gasteiger partial charge is 0.308 e. The summed E-state index contributed by atoms with van der Waals surface area (Å²) in [7, 11) is 0. The highest BCUT2D eigenvalue weighted by Gasteiger charge is 2.20. The molecule has 3 rings (SSSR count). The molecule has 2 heterocycles. The number of fused-ring (bicyclic) bond motifs is 1. The second kappa shape index (κ2) is 3.61. The van der Waals surface area contributed by atoms with E-state index in [-0.39, 0.29) is 0 Å². The average molecular weight is 266 g/mol. The number of nitrogens with zero attached hydrogens (tertiary/aromatic N) is 2. The third-order valence-corrected chi connectivity index (χ3v) is 3.29. The first-order chi connectivity index (χ1) is 7.33. The predicted octanol–water partition coefficient (Wildman–Crippen LogP) is 2.35. The van der Waals surface area contributed by atoms with Crippen LogP contribution in [0.15, 0.2) is 29.0 Å². The van der Waals surface area contributed by atoms with Gasteiger partial charge in [-0.3, -0.25) is 4.40 Å². The SMILES string of the molecule is Brc1cccc2nc(CNC3CC3)cn12. The van der Waals surface area contributed by atoms with Crippen LogP contribution in [0.1, 0.15) is 18.5 Å². The Labute approximate surface area is 96.6 Å². The van der Waals surface area contributed by atoms with E-state index in [1.807, 2.05) is 18.2 Å². The normalized spacial score (nSPS) is 16.1. The van der Waals surface area contributed by atoms with Crippen LogP contribution >= 0.6 is 15.9 Å². The van der Waals surface area contributed by atoms with Gasteiger partial charge < -0.3 is 5.32 Å². The molecule has 0 aromatic carbocycles. The van der Waals surface area contributed by atoms with Crippen molar-refractivity contribution in [2.24, 2.45) is 0 Å². The summed E-state index contributed by atoms with van der Waals surface area (Å²) in [6.45, 7) is 0.874. The van der Waals surface area contributed by atoms with Gasteiger partial charge in [0.05, 0.1) is 10.3 Å². The fourth-order valence-corrected chi connectivity index (χ4v) is 2.09. The molecule has 15 heavy (non-hydrogen) atoms. The molecule has 0 saturated heterocycles.